The Morgan fingerprint density at radius 1 is 1.14 bits per heavy atom. The molecule has 4 fully saturated rings. The van der Waals surface area contributed by atoms with Gasteiger partial charge in [-0.15, -0.1) is 0 Å². The van der Waals surface area contributed by atoms with E-state index in [1.165, 1.54) is 19.3 Å². The summed E-state index contributed by atoms with van der Waals surface area (Å²) in [5.74, 6) is 2.61. The number of amides is 1. The first-order chi connectivity index (χ1) is 9.79. The van der Waals surface area contributed by atoms with Crippen LogP contribution in [0.1, 0.15) is 65.7 Å². The van der Waals surface area contributed by atoms with E-state index >= 15 is 0 Å². The van der Waals surface area contributed by atoms with Gasteiger partial charge in [-0.2, -0.15) is 0 Å². The third kappa shape index (κ3) is 3.13. The van der Waals surface area contributed by atoms with Crippen molar-refractivity contribution in [1.82, 2.24) is 5.32 Å². The summed E-state index contributed by atoms with van der Waals surface area (Å²) >= 11 is 0. The third-order valence-corrected chi connectivity index (χ3v) is 5.93. The van der Waals surface area contributed by atoms with Gasteiger partial charge < -0.3 is 10.4 Å². The molecule has 120 valence electrons. The molecule has 4 aliphatic carbocycles. The van der Waals surface area contributed by atoms with Crippen molar-refractivity contribution in [2.75, 3.05) is 6.61 Å². The second-order valence-corrected chi connectivity index (χ2v) is 9.32. The SMILES string of the molecule is CC(C)(C)CC(CO)NC(=O)C12CC3CC(CC(C3)C1)C2. The van der Waals surface area contributed by atoms with Crippen molar-refractivity contribution in [2.24, 2.45) is 28.6 Å². The molecule has 4 saturated carbocycles. The summed E-state index contributed by atoms with van der Waals surface area (Å²) in [6, 6.07) is -0.0921. The Morgan fingerprint density at radius 3 is 2.00 bits per heavy atom. The monoisotopic (exact) mass is 293 g/mol. The molecule has 3 heteroatoms. The van der Waals surface area contributed by atoms with Crippen LogP contribution in [0.5, 0.6) is 0 Å². The molecule has 0 heterocycles. The minimum atomic E-state index is -0.0972. The average Bonchev–Trinajstić information content (AvgIpc) is 2.34. The van der Waals surface area contributed by atoms with E-state index in [4.69, 9.17) is 0 Å². The smallest absolute Gasteiger partial charge is 0.226 e. The molecule has 0 aromatic carbocycles. The third-order valence-electron chi connectivity index (χ3n) is 5.93. The summed E-state index contributed by atoms with van der Waals surface area (Å²) in [7, 11) is 0. The number of carbonyl (C=O) groups excluding carboxylic acids is 1. The van der Waals surface area contributed by atoms with Crippen molar-refractivity contribution in [1.29, 1.82) is 0 Å². The fourth-order valence-electron chi connectivity index (χ4n) is 5.63. The van der Waals surface area contributed by atoms with Crippen molar-refractivity contribution >= 4 is 5.91 Å². The van der Waals surface area contributed by atoms with Crippen LogP contribution in [-0.2, 0) is 4.79 Å². The molecule has 0 aromatic rings. The molecule has 4 aliphatic rings. The Hall–Kier alpha value is -0.570. The van der Waals surface area contributed by atoms with E-state index in [-0.39, 0.29) is 29.4 Å². The van der Waals surface area contributed by atoms with Crippen LogP contribution in [0.3, 0.4) is 0 Å². The zero-order chi connectivity index (χ0) is 15.3. The average molecular weight is 293 g/mol. The van der Waals surface area contributed by atoms with E-state index in [2.05, 4.69) is 26.1 Å². The van der Waals surface area contributed by atoms with E-state index in [0.717, 1.165) is 43.4 Å². The number of rotatable bonds is 4. The predicted octanol–water partition coefficient (Wildman–Crippen LogP) is 3.12. The lowest BCUT2D eigenvalue weighted by Gasteiger charge is -2.55. The molecule has 21 heavy (non-hydrogen) atoms. The van der Waals surface area contributed by atoms with E-state index in [0.29, 0.717) is 0 Å². The number of hydrogen-bond donors (Lipinski definition) is 2. The molecule has 1 atom stereocenters. The first-order valence-electron chi connectivity index (χ1n) is 8.71. The Bertz CT molecular complexity index is 375. The summed E-state index contributed by atoms with van der Waals surface area (Å²) < 4.78 is 0. The number of hydrogen-bond acceptors (Lipinski definition) is 2. The zero-order valence-corrected chi connectivity index (χ0v) is 13.8. The molecule has 0 aliphatic heterocycles. The molecule has 0 spiro atoms. The molecular formula is C18H31NO2. The van der Waals surface area contributed by atoms with Crippen molar-refractivity contribution in [3.05, 3.63) is 0 Å². The highest BCUT2D eigenvalue weighted by molar-refractivity contribution is 5.83. The molecule has 0 radical (unpaired) electrons. The second-order valence-electron chi connectivity index (χ2n) is 9.32. The first kappa shape index (κ1) is 15.3. The number of aliphatic hydroxyl groups excluding tert-OH is 1. The highest BCUT2D eigenvalue weighted by atomic mass is 16.3. The lowest BCUT2D eigenvalue weighted by molar-refractivity contribution is -0.147. The fourth-order valence-corrected chi connectivity index (χ4v) is 5.63. The van der Waals surface area contributed by atoms with Gasteiger partial charge in [0, 0.05) is 5.41 Å². The normalized spacial score (nSPS) is 39.3. The quantitative estimate of drug-likeness (QED) is 0.836. The van der Waals surface area contributed by atoms with Gasteiger partial charge in [-0.05, 0) is 68.1 Å². The van der Waals surface area contributed by atoms with Crippen LogP contribution in [0.2, 0.25) is 0 Å². The molecular weight excluding hydrogens is 262 g/mol. The predicted molar refractivity (Wildman–Crippen MR) is 83.7 cm³/mol. The van der Waals surface area contributed by atoms with Gasteiger partial charge in [0.05, 0.1) is 12.6 Å². The first-order valence-corrected chi connectivity index (χ1v) is 8.71. The Balaban J connectivity index is 1.67. The van der Waals surface area contributed by atoms with Crippen LogP contribution in [0.15, 0.2) is 0 Å². The van der Waals surface area contributed by atoms with Crippen LogP contribution in [0, 0.1) is 28.6 Å². The minimum absolute atomic E-state index is 0.0510. The van der Waals surface area contributed by atoms with E-state index in [9.17, 15) is 9.90 Å². The Morgan fingerprint density at radius 2 is 1.62 bits per heavy atom. The van der Waals surface area contributed by atoms with Crippen molar-refractivity contribution in [3.63, 3.8) is 0 Å². The lowest BCUT2D eigenvalue weighted by atomic mass is 9.49. The summed E-state index contributed by atoms with van der Waals surface area (Å²) in [6.45, 7) is 6.53. The largest absolute Gasteiger partial charge is 0.394 e. The maximum atomic E-state index is 12.9. The Kier molecular flexibility index (Phi) is 3.84. The zero-order valence-electron chi connectivity index (χ0n) is 13.8. The molecule has 4 bridgehead atoms. The number of aliphatic hydroxyl groups is 1. The summed E-state index contributed by atoms with van der Waals surface area (Å²) in [6.07, 6.45) is 8.20. The van der Waals surface area contributed by atoms with Gasteiger partial charge in [0.2, 0.25) is 5.91 Å². The van der Waals surface area contributed by atoms with E-state index < -0.39 is 0 Å². The van der Waals surface area contributed by atoms with Crippen LogP contribution in [0.4, 0.5) is 0 Å². The maximum Gasteiger partial charge on any atom is 0.226 e. The van der Waals surface area contributed by atoms with Crippen molar-refractivity contribution in [2.45, 2.75) is 71.8 Å². The van der Waals surface area contributed by atoms with Gasteiger partial charge in [0.25, 0.3) is 0 Å². The lowest BCUT2D eigenvalue weighted by Crippen LogP contribution is -2.56. The van der Waals surface area contributed by atoms with Gasteiger partial charge in [-0.25, -0.2) is 0 Å². The van der Waals surface area contributed by atoms with Gasteiger partial charge in [0.1, 0.15) is 0 Å². The van der Waals surface area contributed by atoms with Gasteiger partial charge in [0.15, 0.2) is 0 Å². The highest BCUT2D eigenvalue weighted by Crippen LogP contribution is 2.60. The van der Waals surface area contributed by atoms with Gasteiger partial charge in [-0.3, -0.25) is 4.79 Å². The van der Waals surface area contributed by atoms with Gasteiger partial charge in [-0.1, -0.05) is 20.8 Å². The summed E-state index contributed by atoms with van der Waals surface area (Å²) in [5.41, 5.74) is 0.0300. The molecule has 4 rings (SSSR count). The molecule has 0 aromatic heterocycles. The van der Waals surface area contributed by atoms with Crippen molar-refractivity contribution in [3.8, 4) is 0 Å². The van der Waals surface area contributed by atoms with Crippen LogP contribution in [0.25, 0.3) is 0 Å². The second kappa shape index (κ2) is 5.26. The van der Waals surface area contributed by atoms with E-state index in [1.54, 1.807) is 0 Å². The highest BCUT2D eigenvalue weighted by Gasteiger charge is 2.54. The number of nitrogens with one attached hydrogen (secondary N) is 1. The Labute approximate surface area is 128 Å². The molecule has 1 amide bonds. The topological polar surface area (TPSA) is 49.3 Å². The fraction of sp³-hybridized carbons (Fsp3) is 0.944. The standard InChI is InChI=1S/C18H31NO2/c1-17(2,3)10-15(11-20)19-16(21)18-7-12-4-13(8-18)6-14(5-12)9-18/h12-15,20H,4-11H2,1-3H3,(H,19,21). The minimum Gasteiger partial charge on any atom is -0.394 e. The van der Waals surface area contributed by atoms with Crippen molar-refractivity contribution < 1.29 is 9.90 Å². The van der Waals surface area contributed by atoms with Gasteiger partial charge >= 0.3 is 0 Å². The van der Waals surface area contributed by atoms with Crippen LogP contribution in [-0.4, -0.2) is 23.7 Å². The molecule has 2 N–H and O–H groups in total. The molecule has 3 nitrogen and oxygen atoms in total. The summed E-state index contributed by atoms with van der Waals surface area (Å²) in [4.78, 5) is 12.9. The van der Waals surface area contributed by atoms with Crippen LogP contribution < -0.4 is 5.32 Å². The number of carbonyl (C=O) groups is 1. The molecule has 1 unspecified atom stereocenters. The van der Waals surface area contributed by atoms with E-state index in [1.807, 2.05) is 0 Å². The molecule has 0 saturated heterocycles. The van der Waals surface area contributed by atoms with Crippen LogP contribution >= 0.6 is 0 Å². The maximum absolute atomic E-state index is 12.9. The summed E-state index contributed by atoms with van der Waals surface area (Å²) in [5, 5.41) is 12.8.